The van der Waals surface area contributed by atoms with Crippen molar-refractivity contribution in [3.05, 3.63) is 41.2 Å². The Hall–Kier alpha value is -1.82. The first-order chi connectivity index (χ1) is 10.8. The molecule has 0 atom stereocenters. The molecule has 1 saturated heterocycles. The number of para-hydroxylation sites is 1. The van der Waals surface area contributed by atoms with Gasteiger partial charge < -0.3 is 9.64 Å². The molecule has 23 heavy (non-hydrogen) atoms. The van der Waals surface area contributed by atoms with E-state index in [1.807, 2.05) is 20.8 Å². The predicted molar refractivity (Wildman–Crippen MR) is 88.6 cm³/mol. The second-order valence-electron chi connectivity index (χ2n) is 6.21. The van der Waals surface area contributed by atoms with Gasteiger partial charge in [0.1, 0.15) is 6.61 Å². The second-order valence-corrected chi connectivity index (χ2v) is 7.21. The van der Waals surface area contributed by atoms with Crippen LogP contribution in [-0.4, -0.2) is 35.5 Å². The third-order valence-electron chi connectivity index (χ3n) is 3.31. The van der Waals surface area contributed by atoms with Crippen LogP contribution in [0.3, 0.4) is 0 Å². The minimum atomic E-state index is -0.492. The van der Waals surface area contributed by atoms with Crippen molar-refractivity contribution in [2.75, 3.05) is 18.9 Å². The van der Waals surface area contributed by atoms with Crippen molar-refractivity contribution in [2.45, 2.75) is 20.8 Å². The summed E-state index contributed by atoms with van der Waals surface area (Å²) in [4.78, 5) is 25.6. The molecule has 1 amide bonds. The van der Waals surface area contributed by atoms with E-state index in [0.29, 0.717) is 10.8 Å². The number of halogens is 1. The van der Waals surface area contributed by atoms with Gasteiger partial charge in [-0.25, -0.2) is 4.39 Å². The van der Waals surface area contributed by atoms with E-state index in [-0.39, 0.29) is 30.6 Å². The number of hydrogen-bond donors (Lipinski definition) is 0. The Balaban J connectivity index is 1.99. The Morgan fingerprint density at radius 2 is 2.09 bits per heavy atom. The van der Waals surface area contributed by atoms with Crippen LogP contribution in [0.4, 0.5) is 4.39 Å². The number of carbonyl (C=O) groups is 2. The maximum atomic E-state index is 13.5. The molecule has 0 aromatic heterocycles. The molecule has 1 aromatic carbocycles. The maximum absolute atomic E-state index is 13.5. The molecule has 6 heteroatoms. The third kappa shape index (κ3) is 4.58. The summed E-state index contributed by atoms with van der Waals surface area (Å²) in [7, 11) is 0. The van der Waals surface area contributed by atoms with Gasteiger partial charge in [0.15, 0.2) is 17.3 Å². The highest BCUT2D eigenvalue weighted by Crippen LogP contribution is 2.30. The van der Waals surface area contributed by atoms with Crippen molar-refractivity contribution < 1.29 is 18.7 Å². The SMILES string of the molecule is CC(C)(C)C(=O)/C=C1\SCC(=O)N1CCOc1ccccc1F. The molecule has 1 aliphatic rings. The minimum Gasteiger partial charge on any atom is -0.489 e. The zero-order valence-corrected chi connectivity index (χ0v) is 14.3. The van der Waals surface area contributed by atoms with E-state index in [4.69, 9.17) is 4.74 Å². The van der Waals surface area contributed by atoms with Crippen molar-refractivity contribution in [3.63, 3.8) is 0 Å². The summed E-state index contributed by atoms with van der Waals surface area (Å²) in [6, 6.07) is 6.12. The first kappa shape index (κ1) is 17.5. The lowest BCUT2D eigenvalue weighted by Gasteiger charge is -2.19. The fourth-order valence-corrected chi connectivity index (χ4v) is 2.87. The zero-order valence-electron chi connectivity index (χ0n) is 13.5. The molecule has 0 saturated carbocycles. The van der Waals surface area contributed by atoms with Gasteiger partial charge in [0.25, 0.3) is 0 Å². The number of allylic oxidation sites excluding steroid dienone is 1. The van der Waals surface area contributed by atoms with Crippen LogP contribution in [0.25, 0.3) is 0 Å². The number of ether oxygens (including phenoxy) is 1. The summed E-state index contributed by atoms with van der Waals surface area (Å²) in [6.07, 6.45) is 1.51. The van der Waals surface area contributed by atoms with Gasteiger partial charge in [-0.3, -0.25) is 9.59 Å². The van der Waals surface area contributed by atoms with E-state index in [0.717, 1.165) is 0 Å². The highest BCUT2D eigenvalue weighted by molar-refractivity contribution is 8.04. The van der Waals surface area contributed by atoms with Crippen molar-refractivity contribution in [1.82, 2.24) is 4.90 Å². The molecule has 1 heterocycles. The quantitative estimate of drug-likeness (QED) is 0.774. The van der Waals surface area contributed by atoms with E-state index in [1.54, 1.807) is 12.1 Å². The molecule has 2 rings (SSSR count). The fraction of sp³-hybridized carbons (Fsp3) is 0.412. The Labute approximate surface area is 139 Å². The van der Waals surface area contributed by atoms with Gasteiger partial charge in [-0.2, -0.15) is 0 Å². The van der Waals surface area contributed by atoms with Crippen molar-refractivity contribution in [3.8, 4) is 5.75 Å². The number of ketones is 1. The van der Waals surface area contributed by atoms with Crippen LogP contribution in [0.2, 0.25) is 0 Å². The average molecular weight is 337 g/mol. The minimum absolute atomic E-state index is 0.0327. The van der Waals surface area contributed by atoms with Crippen LogP contribution >= 0.6 is 11.8 Å². The molecule has 0 spiro atoms. The Morgan fingerprint density at radius 3 is 2.74 bits per heavy atom. The number of benzene rings is 1. The molecule has 4 nitrogen and oxygen atoms in total. The first-order valence-electron chi connectivity index (χ1n) is 7.35. The van der Waals surface area contributed by atoms with Crippen LogP contribution in [0.1, 0.15) is 20.8 Å². The number of carbonyl (C=O) groups excluding carboxylic acids is 2. The molecule has 0 radical (unpaired) electrons. The van der Waals surface area contributed by atoms with Crippen LogP contribution in [-0.2, 0) is 9.59 Å². The number of nitrogens with zero attached hydrogens (tertiary/aromatic N) is 1. The van der Waals surface area contributed by atoms with Gasteiger partial charge in [-0.15, -0.1) is 0 Å². The third-order valence-corrected chi connectivity index (χ3v) is 4.34. The summed E-state index contributed by atoms with van der Waals surface area (Å²) in [5.74, 6) is -0.0747. The first-order valence-corrected chi connectivity index (χ1v) is 8.34. The monoisotopic (exact) mass is 337 g/mol. The van der Waals surface area contributed by atoms with E-state index < -0.39 is 11.2 Å². The number of thioether (sulfide) groups is 1. The molecule has 124 valence electrons. The number of rotatable bonds is 5. The Bertz CT molecular complexity index is 637. The summed E-state index contributed by atoms with van der Waals surface area (Å²) in [6.45, 7) is 5.94. The van der Waals surface area contributed by atoms with Crippen LogP contribution in [0.5, 0.6) is 5.75 Å². The lowest BCUT2D eigenvalue weighted by Crippen LogP contribution is -2.30. The average Bonchev–Trinajstić information content (AvgIpc) is 2.81. The second kappa shape index (κ2) is 7.17. The van der Waals surface area contributed by atoms with Crippen molar-refractivity contribution in [2.24, 2.45) is 5.41 Å². The van der Waals surface area contributed by atoms with Crippen LogP contribution in [0.15, 0.2) is 35.4 Å². The highest BCUT2D eigenvalue weighted by Gasteiger charge is 2.29. The van der Waals surface area contributed by atoms with E-state index in [9.17, 15) is 14.0 Å². The largest absolute Gasteiger partial charge is 0.489 e. The highest BCUT2D eigenvalue weighted by atomic mass is 32.2. The Morgan fingerprint density at radius 1 is 1.39 bits per heavy atom. The van der Waals surface area contributed by atoms with Crippen molar-refractivity contribution >= 4 is 23.5 Å². The summed E-state index contributed by atoms with van der Waals surface area (Å²) in [5.41, 5.74) is -0.492. The van der Waals surface area contributed by atoms with Gasteiger partial charge >= 0.3 is 0 Å². The topological polar surface area (TPSA) is 46.6 Å². The number of amides is 1. The lowest BCUT2D eigenvalue weighted by molar-refractivity contribution is -0.125. The molecule has 0 N–H and O–H groups in total. The van der Waals surface area contributed by atoms with Crippen LogP contribution in [0, 0.1) is 11.2 Å². The molecule has 0 bridgehead atoms. The molecule has 0 unspecified atom stereocenters. The molecule has 0 aliphatic carbocycles. The molecule has 1 aliphatic heterocycles. The fourth-order valence-electron chi connectivity index (χ4n) is 1.91. The van der Waals surface area contributed by atoms with E-state index >= 15 is 0 Å². The van der Waals surface area contributed by atoms with Gasteiger partial charge in [0.2, 0.25) is 5.91 Å². The molecular weight excluding hydrogens is 317 g/mol. The summed E-state index contributed by atoms with van der Waals surface area (Å²) >= 11 is 1.34. The summed E-state index contributed by atoms with van der Waals surface area (Å²) < 4.78 is 18.9. The smallest absolute Gasteiger partial charge is 0.237 e. The van der Waals surface area contributed by atoms with Gasteiger partial charge in [-0.1, -0.05) is 44.7 Å². The van der Waals surface area contributed by atoms with Gasteiger partial charge in [0, 0.05) is 11.5 Å². The van der Waals surface area contributed by atoms with Crippen LogP contribution < -0.4 is 4.74 Å². The van der Waals surface area contributed by atoms with E-state index in [2.05, 4.69) is 0 Å². The van der Waals surface area contributed by atoms with Crippen molar-refractivity contribution in [1.29, 1.82) is 0 Å². The van der Waals surface area contributed by atoms with Gasteiger partial charge in [0.05, 0.1) is 17.3 Å². The van der Waals surface area contributed by atoms with Gasteiger partial charge in [-0.05, 0) is 12.1 Å². The standard InChI is InChI=1S/C17H20FNO3S/c1-17(2,3)14(20)10-16-19(15(21)11-23-16)8-9-22-13-7-5-4-6-12(13)18/h4-7,10H,8-9,11H2,1-3H3/b16-10-. The normalized spacial score (nSPS) is 17.0. The summed E-state index contributed by atoms with van der Waals surface area (Å²) in [5, 5.41) is 0.632. The molecular formula is C17H20FNO3S. The molecule has 1 fully saturated rings. The maximum Gasteiger partial charge on any atom is 0.237 e. The lowest BCUT2D eigenvalue weighted by atomic mass is 9.91. The molecule has 1 aromatic rings. The zero-order chi connectivity index (χ0) is 17.0. The Kier molecular flexibility index (Phi) is 5.46. The number of hydrogen-bond acceptors (Lipinski definition) is 4. The predicted octanol–water partition coefficient (Wildman–Crippen LogP) is 3.24. The van der Waals surface area contributed by atoms with E-state index in [1.165, 1.54) is 34.9 Å².